The van der Waals surface area contributed by atoms with Crippen molar-refractivity contribution < 1.29 is 0 Å². The number of rotatable bonds is 3. The van der Waals surface area contributed by atoms with Gasteiger partial charge in [-0.3, -0.25) is 4.68 Å². The highest BCUT2D eigenvalue weighted by Crippen LogP contribution is 2.15. The number of nitrogens with zero attached hydrogens (tertiary/aromatic N) is 3. The highest BCUT2D eigenvalue weighted by Gasteiger charge is 2.22. The van der Waals surface area contributed by atoms with Crippen LogP contribution in [0.3, 0.4) is 0 Å². The van der Waals surface area contributed by atoms with Crippen LogP contribution in [0.1, 0.15) is 25.3 Å². The Hall–Kier alpha value is -0.870. The predicted octanol–water partition coefficient (Wildman–Crippen LogP) is 0.992. The monoisotopic (exact) mass is 222 g/mol. The van der Waals surface area contributed by atoms with Crippen LogP contribution in [0.15, 0.2) is 12.4 Å². The van der Waals surface area contributed by atoms with Crippen molar-refractivity contribution in [1.29, 1.82) is 0 Å². The first-order valence-corrected chi connectivity index (χ1v) is 6.06. The molecule has 2 rings (SSSR count). The van der Waals surface area contributed by atoms with Gasteiger partial charge in [0.1, 0.15) is 0 Å². The van der Waals surface area contributed by atoms with Gasteiger partial charge in [-0.2, -0.15) is 5.10 Å². The molecule has 0 radical (unpaired) electrons. The number of likely N-dealkylation sites (tertiary alicyclic amines) is 1. The van der Waals surface area contributed by atoms with Crippen LogP contribution in [0, 0.1) is 0 Å². The van der Waals surface area contributed by atoms with Crippen LogP contribution in [-0.4, -0.2) is 40.4 Å². The van der Waals surface area contributed by atoms with Crippen molar-refractivity contribution in [3.8, 4) is 0 Å². The van der Waals surface area contributed by atoms with Crippen molar-refractivity contribution in [3.63, 3.8) is 0 Å². The Morgan fingerprint density at radius 2 is 2.31 bits per heavy atom. The van der Waals surface area contributed by atoms with Gasteiger partial charge in [-0.15, -0.1) is 0 Å². The fraction of sp³-hybridized carbons (Fsp3) is 0.750. The van der Waals surface area contributed by atoms with Gasteiger partial charge in [0.05, 0.1) is 6.20 Å². The average Bonchev–Trinajstić information content (AvgIpc) is 2.66. The van der Waals surface area contributed by atoms with Gasteiger partial charge in [0.2, 0.25) is 0 Å². The summed E-state index contributed by atoms with van der Waals surface area (Å²) in [5, 5.41) is 7.80. The third-order valence-electron chi connectivity index (χ3n) is 3.56. The molecule has 2 heterocycles. The topological polar surface area (TPSA) is 33.1 Å². The maximum atomic E-state index is 4.18. The molecular formula is C12H22N4. The number of aryl methyl sites for hydroxylation is 1. The minimum atomic E-state index is 0.659. The van der Waals surface area contributed by atoms with Crippen LogP contribution in [0.25, 0.3) is 0 Å². The Bertz CT molecular complexity index is 334. The Kier molecular flexibility index (Phi) is 3.61. The molecule has 0 bridgehead atoms. The molecule has 0 aromatic carbocycles. The van der Waals surface area contributed by atoms with Crippen molar-refractivity contribution in [3.05, 3.63) is 18.0 Å². The Morgan fingerprint density at radius 3 is 2.94 bits per heavy atom. The minimum Gasteiger partial charge on any atom is -0.310 e. The number of aromatic nitrogens is 2. The first-order chi connectivity index (χ1) is 7.65. The molecule has 0 aliphatic carbocycles. The molecule has 1 aliphatic heterocycles. The first-order valence-electron chi connectivity index (χ1n) is 6.06. The van der Waals surface area contributed by atoms with E-state index in [0.717, 1.165) is 6.54 Å². The maximum Gasteiger partial charge on any atom is 0.0534 e. The van der Waals surface area contributed by atoms with E-state index < -0.39 is 0 Å². The quantitative estimate of drug-likeness (QED) is 0.828. The van der Waals surface area contributed by atoms with E-state index in [2.05, 4.69) is 35.5 Å². The third kappa shape index (κ3) is 2.83. The highest BCUT2D eigenvalue weighted by molar-refractivity contribution is 5.03. The van der Waals surface area contributed by atoms with Crippen LogP contribution in [0.2, 0.25) is 0 Å². The molecule has 1 saturated heterocycles. The number of hydrogen-bond donors (Lipinski definition) is 1. The molecule has 0 amide bonds. The van der Waals surface area contributed by atoms with Gasteiger partial charge in [-0.05, 0) is 33.4 Å². The second-order valence-electron chi connectivity index (χ2n) is 4.95. The van der Waals surface area contributed by atoms with Crippen LogP contribution in [0.4, 0.5) is 0 Å². The first kappa shape index (κ1) is 11.6. The molecule has 2 unspecified atom stereocenters. The van der Waals surface area contributed by atoms with Crippen molar-refractivity contribution in [2.24, 2.45) is 7.05 Å². The van der Waals surface area contributed by atoms with Crippen LogP contribution in [-0.2, 0) is 13.6 Å². The fourth-order valence-corrected chi connectivity index (χ4v) is 2.30. The zero-order chi connectivity index (χ0) is 11.5. The van der Waals surface area contributed by atoms with Crippen LogP contribution < -0.4 is 5.32 Å². The predicted molar refractivity (Wildman–Crippen MR) is 65.2 cm³/mol. The summed E-state index contributed by atoms with van der Waals surface area (Å²) >= 11 is 0. The van der Waals surface area contributed by atoms with E-state index in [1.54, 1.807) is 0 Å². The smallest absolute Gasteiger partial charge is 0.0534 e. The molecule has 1 fully saturated rings. The lowest BCUT2D eigenvalue weighted by Gasteiger charge is -2.35. The van der Waals surface area contributed by atoms with Crippen LogP contribution in [0.5, 0.6) is 0 Å². The second-order valence-corrected chi connectivity index (χ2v) is 4.95. The SMILES string of the molecule is CC1CC(NCc2cnn(C)c2)CCN1C. The zero-order valence-electron chi connectivity index (χ0n) is 10.5. The lowest BCUT2D eigenvalue weighted by Crippen LogP contribution is -2.45. The Morgan fingerprint density at radius 1 is 1.50 bits per heavy atom. The summed E-state index contributed by atoms with van der Waals surface area (Å²) < 4.78 is 1.86. The molecule has 1 aromatic rings. The maximum absolute atomic E-state index is 4.18. The summed E-state index contributed by atoms with van der Waals surface area (Å²) in [5.41, 5.74) is 1.27. The third-order valence-corrected chi connectivity index (χ3v) is 3.56. The van der Waals surface area contributed by atoms with E-state index in [1.807, 2.05) is 17.9 Å². The largest absolute Gasteiger partial charge is 0.310 e. The van der Waals surface area contributed by atoms with Crippen molar-refractivity contribution in [1.82, 2.24) is 20.0 Å². The molecule has 16 heavy (non-hydrogen) atoms. The molecule has 0 spiro atoms. The normalized spacial score (nSPS) is 27.2. The van der Waals surface area contributed by atoms with Crippen LogP contribution >= 0.6 is 0 Å². The number of piperidine rings is 1. The van der Waals surface area contributed by atoms with Gasteiger partial charge in [0.15, 0.2) is 0 Å². The average molecular weight is 222 g/mol. The summed E-state index contributed by atoms with van der Waals surface area (Å²) in [7, 11) is 4.17. The standard InChI is InChI=1S/C12H22N4/c1-10-6-12(4-5-15(10)2)13-7-11-8-14-16(3)9-11/h8-10,12-13H,4-7H2,1-3H3. The van der Waals surface area contributed by atoms with Gasteiger partial charge < -0.3 is 10.2 Å². The number of nitrogens with one attached hydrogen (secondary N) is 1. The minimum absolute atomic E-state index is 0.659. The summed E-state index contributed by atoms with van der Waals surface area (Å²) in [4.78, 5) is 2.43. The van der Waals surface area contributed by atoms with Gasteiger partial charge in [0.25, 0.3) is 0 Å². The van der Waals surface area contributed by atoms with Crippen molar-refractivity contribution in [2.45, 2.75) is 38.4 Å². The fourth-order valence-electron chi connectivity index (χ4n) is 2.30. The molecule has 1 N–H and O–H groups in total. The second kappa shape index (κ2) is 4.97. The molecule has 1 aromatic heterocycles. The molecule has 4 heteroatoms. The molecule has 0 saturated carbocycles. The van der Waals surface area contributed by atoms with Crippen molar-refractivity contribution >= 4 is 0 Å². The highest BCUT2D eigenvalue weighted by atomic mass is 15.2. The van der Waals surface area contributed by atoms with Crippen molar-refractivity contribution in [2.75, 3.05) is 13.6 Å². The Labute approximate surface area is 97.6 Å². The summed E-state index contributed by atoms with van der Waals surface area (Å²) in [6.45, 7) is 4.44. The van der Waals surface area contributed by atoms with E-state index in [9.17, 15) is 0 Å². The van der Waals surface area contributed by atoms with Gasteiger partial charge in [-0.25, -0.2) is 0 Å². The Balaban J connectivity index is 1.78. The van der Waals surface area contributed by atoms with Gasteiger partial charge >= 0.3 is 0 Å². The molecule has 1 aliphatic rings. The summed E-state index contributed by atoms with van der Waals surface area (Å²) in [6, 6.07) is 1.35. The summed E-state index contributed by atoms with van der Waals surface area (Å²) in [6.07, 6.45) is 6.51. The zero-order valence-corrected chi connectivity index (χ0v) is 10.5. The lowest BCUT2D eigenvalue weighted by molar-refractivity contribution is 0.168. The lowest BCUT2D eigenvalue weighted by atomic mass is 9.99. The van der Waals surface area contributed by atoms with E-state index in [4.69, 9.17) is 0 Å². The van der Waals surface area contributed by atoms with E-state index in [0.29, 0.717) is 12.1 Å². The molecular weight excluding hydrogens is 200 g/mol. The van der Waals surface area contributed by atoms with E-state index >= 15 is 0 Å². The van der Waals surface area contributed by atoms with Gasteiger partial charge in [0, 0.05) is 37.4 Å². The molecule has 4 nitrogen and oxygen atoms in total. The molecule has 2 atom stereocenters. The van der Waals surface area contributed by atoms with Gasteiger partial charge in [-0.1, -0.05) is 0 Å². The molecule has 90 valence electrons. The number of hydrogen-bond acceptors (Lipinski definition) is 3. The summed E-state index contributed by atoms with van der Waals surface area (Å²) in [5.74, 6) is 0. The van der Waals surface area contributed by atoms with E-state index in [-0.39, 0.29) is 0 Å². The van der Waals surface area contributed by atoms with E-state index in [1.165, 1.54) is 24.9 Å².